The summed E-state index contributed by atoms with van der Waals surface area (Å²) in [7, 11) is 0. The van der Waals surface area contributed by atoms with Gasteiger partial charge in [0.2, 0.25) is 0 Å². The molecular weight excluding hydrogens is 248 g/mol. The highest BCUT2D eigenvalue weighted by molar-refractivity contribution is 5.70. The molecule has 0 aromatic heterocycles. The van der Waals surface area contributed by atoms with E-state index in [1.807, 2.05) is 0 Å². The molecule has 3 nitrogen and oxygen atoms in total. The third-order valence-corrected chi connectivity index (χ3v) is 4.49. The van der Waals surface area contributed by atoms with Gasteiger partial charge in [0.15, 0.2) is 0 Å². The van der Waals surface area contributed by atoms with E-state index >= 15 is 0 Å². The van der Waals surface area contributed by atoms with Gasteiger partial charge in [0.1, 0.15) is 0 Å². The van der Waals surface area contributed by atoms with Crippen LogP contribution in [0.25, 0.3) is 0 Å². The zero-order valence-electron chi connectivity index (χ0n) is 12.4. The highest BCUT2D eigenvalue weighted by Crippen LogP contribution is 2.35. The van der Waals surface area contributed by atoms with Crippen LogP contribution in [0.1, 0.15) is 39.0 Å². The highest BCUT2D eigenvalue weighted by atomic mass is 16.3. The summed E-state index contributed by atoms with van der Waals surface area (Å²) >= 11 is 0. The first-order chi connectivity index (χ1) is 9.72. The van der Waals surface area contributed by atoms with Gasteiger partial charge in [0.25, 0.3) is 0 Å². The number of nitrogens with one attached hydrogen (secondary N) is 1. The molecule has 1 aromatic rings. The van der Waals surface area contributed by atoms with Crippen LogP contribution in [0.2, 0.25) is 0 Å². The molecule has 0 unspecified atom stereocenters. The Morgan fingerprint density at radius 2 is 1.90 bits per heavy atom. The van der Waals surface area contributed by atoms with Crippen LogP contribution in [-0.2, 0) is 0 Å². The molecule has 2 N–H and O–H groups in total. The summed E-state index contributed by atoms with van der Waals surface area (Å²) in [5, 5.41) is 13.3. The average molecular weight is 274 g/mol. The first-order valence-corrected chi connectivity index (χ1v) is 8.01. The lowest BCUT2D eigenvalue weighted by Gasteiger charge is -2.33. The Kier molecular flexibility index (Phi) is 4.16. The van der Waals surface area contributed by atoms with Crippen molar-refractivity contribution < 1.29 is 5.11 Å². The maximum Gasteiger partial charge on any atom is 0.0602 e. The lowest BCUT2D eigenvalue weighted by atomic mass is 10.1. The topological polar surface area (TPSA) is 35.5 Å². The summed E-state index contributed by atoms with van der Waals surface area (Å²) in [5.41, 5.74) is 2.54. The number of rotatable bonds is 5. The number of hydrogen-bond donors (Lipinski definition) is 2. The van der Waals surface area contributed by atoms with Crippen LogP contribution < -0.4 is 10.2 Å². The molecule has 0 amide bonds. The van der Waals surface area contributed by atoms with Gasteiger partial charge in [-0.05, 0) is 44.2 Å². The first-order valence-electron chi connectivity index (χ1n) is 8.01. The summed E-state index contributed by atoms with van der Waals surface area (Å²) in [5.74, 6) is 0.954. The standard InChI is InChI=1S/C17H26N2O/c1-13(12-14-6-7-14)18-16-4-2-3-5-17(16)19-10-8-15(20)9-11-19/h2-5,13-15,18,20H,6-12H2,1H3/t13-/m0/s1. The monoisotopic (exact) mass is 274 g/mol. The minimum atomic E-state index is -0.111. The van der Waals surface area contributed by atoms with Gasteiger partial charge in [-0.3, -0.25) is 0 Å². The van der Waals surface area contributed by atoms with Gasteiger partial charge >= 0.3 is 0 Å². The molecule has 3 heteroatoms. The number of aliphatic hydroxyl groups excluding tert-OH is 1. The van der Waals surface area contributed by atoms with Crippen LogP contribution in [0.3, 0.4) is 0 Å². The van der Waals surface area contributed by atoms with Crippen molar-refractivity contribution in [1.82, 2.24) is 0 Å². The smallest absolute Gasteiger partial charge is 0.0602 e. The number of piperidine rings is 1. The lowest BCUT2D eigenvalue weighted by Crippen LogP contribution is -2.36. The first kappa shape index (κ1) is 13.7. The van der Waals surface area contributed by atoms with Gasteiger partial charge in [-0.1, -0.05) is 25.0 Å². The van der Waals surface area contributed by atoms with Crippen LogP contribution in [0, 0.1) is 5.92 Å². The van der Waals surface area contributed by atoms with Gasteiger partial charge in [0, 0.05) is 19.1 Å². The van der Waals surface area contributed by atoms with E-state index in [4.69, 9.17) is 0 Å². The predicted molar refractivity (Wildman–Crippen MR) is 84.3 cm³/mol. The minimum Gasteiger partial charge on any atom is -0.393 e. The van der Waals surface area contributed by atoms with Crippen molar-refractivity contribution in [2.24, 2.45) is 5.92 Å². The van der Waals surface area contributed by atoms with Crippen LogP contribution in [0.15, 0.2) is 24.3 Å². The van der Waals surface area contributed by atoms with Crippen molar-refractivity contribution in [1.29, 1.82) is 0 Å². The SMILES string of the molecule is C[C@@H](CC1CC1)Nc1ccccc1N1CCC(O)CC1. The summed E-state index contributed by atoms with van der Waals surface area (Å²) < 4.78 is 0. The molecule has 20 heavy (non-hydrogen) atoms. The molecule has 0 bridgehead atoms. The molecule has 1 saturated carbocycles. The third kappa shape index (κ3) is 3.45. The Labute approximate surface area is 122 Å². The Hall–Kier alpha value is -1.22. The molecule has 2 aliphatic rings. The number of para-hydroxylation sites is 2. The molecule has 110 valence electrons. The normalized spacial score (nSPS) is 21.8. The Bertz CT molecular complexity index is 436. The fourth-order valence-corrected chi connectivity index (χ4v) is 3.16. The number of benzene rings is 1. The Morgan fingerprint density at radius 3 is 2.60 bits per heavy atom. The fraction of sp³-hybridized carbons (Fsp3) is 0.647. The van der Waals surface area contributed by atoms with Crippen LogP contribution in [0.5, 0.6) is 0 Å². The summed E-state index contributed by atoms with van der Waals surface area (Å²) in [6.07, 6.45) is 5.76. The second kappa shape index (κ2) is 6.04. The van der Waals surface area contributed by atoms with Crippen LogP contribution in [-0.4, -0.2) is 30.3 Å². The lowest BCUT2D eigenvalue weighted by molar-refractivity contribution is 0.145. The maximum atomic E-state index is 9.65. The average Bonchev–Trinajstić information content (AvgIpc) is 3.24. The molecule has 1 atom stereocenters. The number of anilines is 2. The minimum absolute atomic E-state index is 0.111. The molecular formula is C17H26N2O. The largest absolute Gasteiger partial charge is 0.393 e. The Morgan fingerprint density at radius 1 is 1.20 bits per heavy atom. The van der Waals surface area contributed by atoms with E-state index in [0.717, 1.165) is 31.8 Å². The number of nitrogens with zero attached hydrogens (tertiary/aromatic N) is 1. The van der Waals surface area contributed by atoms with Crippen molar-refractivity contribution >= 4 is 11.4 Å². The molecule has 1 aliphatic carbocycles. The highest BCUT2D eigenvalue weighted by Gasteiger charge is 2.24. The maximum absolute atomic E-state index is 9.65. The van der Waals surface area contributed by atoms with Crippen molar-refractivity contribution in [3.8, 4) is 0 Å². The summed E-state index contributed by atoms with van der Waals surface area (Å²) in [4.78, 5) is 2.40. The molecule has 1 heterocycles. The summed E-state index contributed by atoms with van der Waals surface area (Å²) in [6.45, 7) is 4.20. The second-order valence-corrected chi connectivity index (χ2v) is 6.46. The predicted octanol–water partition coefficient (Wildman–Crippen LogP) is 3.25. The molecule has 3 rings (SSSR count). The van der Waals surface area contributed by atoms with Gasteiger partial charge in [-0.15, -0.1) is 0 Å². The van der Waals surface area contributed by atoms with Crippen molar-refractivity contribution in [2.75, 3.05) is 23.3 Å². The van der Waals surface area contributed by atoms with E-state index < -0.39 is 0 Å². The van der Waals surface area contributed by atoms with Gasteiger partial charge in [-0.25, -0.2) is 0 Å². The van der Waals surface area contributed by atoms with Gasteiger partial charge in [-0.2, -0.15) is 0 Å². The molecule has 2 fully saturated rings. The van der Waals surface area contributed by atoms with Crippen LogP contribution in [0.4, 0.5) is 11.4 Å². The molecule has 1 saturated heterocycles. The van der Waals surface area contributed by atoms with Gasteiger partial charge in [0.05, 0.1) is 17.5 Å². The van der Waals surface area contributed by atoms with Crippen molar-refractivity contribution in [3.05, 3.63) is 24.3 Å². The van der Waals surface area contributed by atoms with E-state index in [1.54, 1.807) is 0 Å². The molecule has 0 spiro atoms. The molecule has 1 aromatic carbocycles. The van der Waals surface area contributed by atoms with Gasteiger partial charge < -0.3 is 15.3 Å². The third-order valence-electron chi connectivity index (χ3n) is 4.49. The molecule has 0 radical (unpaired) electrons. The number of aliphatic hydroxyl groups is 1. The van der Waals surface area contributed by atoms with E-state index in [1.165, 1.54) is 30.6 Å². The van der Waals surface area contributed by atoms with E-state index in [9.17, 15) is 5.11 Å². The quantitative estimate of drug-likeness (QED) is 0.865. The van der Waals surface area contributed by atoms with Crippen molar-refractivity contribution in [2.45, 2.75) is 51.2 Å². The van der Waals surface area contributed by atoms with Crippen molar-refractivity contribution in [3.63, 3.8) is 0 Å². The zero-order valence-corrected chi connectivity index (χ0v) is 12.4. The fourth-order valence-electron chi connectivity index (χ4n) is 3.16. The second-order valence-electron chi connectivity index (χ2n) is 6.46. The zero-order chi connectivity index (χ0) is 13.9. The Balaban J connectivity index is 1.67. The van der Waals surface area contributed by atoms with E-state index in [0.29, 0.717) is 6.04 Å². The van der Waals surface area contributed by atoms with E-state index in [2.05, 4.69) is 41.4 Å². The van der Waals surface area contributed by atoms with E-state index in [-0.39, 0.29) is 6.10 Å². The number of hydrogen-bond acceptors (Lipinski definition) is 3. The van der Waals surface area contributed by atoms with Crippen LogP contribution >= 0.6 is 0 Å². The molecule has 1 aliphatic heterocycles. The summed E-state index contributed by atoms with van der Waals surface area (Å²) in [6, 6.07) is 9.14.